The number of hydrogen-bond donors (Lipinski definition) is 1. The highest BCUT2D eigenvalue weighted by Crippen LogP contribution is 2.32. The minimum atomic E-state index is 0.132. The number of methoxy groups -OCH3 is 2. The Hall–Kier alpha value is -2.17. The molecule has 0 saturated carbocycles. The first-order valence-corrected chi connectivity index (χ1v) is 4.68. The highest BCUT2D eigenvalue weighted by atomic mass is 16.5. The molecule has 0 spiro atoms. The summed E-state index contributed by atoms with van der Waals surface area (Å²) in [5, 5.41) is 0. The zero-order chi connectivity index (χ0) is 11.5. The van der Waals surface area contributed by atoms with Crippen LogP contribution in [0.4, 0.5) is 6.01 Å². The van der Waals surface area contributed by atoms with Crippen LogP contribution in [-0.2, 0) is 0 Å². The van der Waals surface area contributed by atoms with Crippen molar-refractivity contribution in [2.75, 3.05) is 20.0 Å². The van der Waals surface area contributed by atoms with Gasteiger partial charge >= 0.3 is 0 Å². The molecule has 2 N–H and O–H groups in total. The lowest BCUT2D eigenvalue weighted by Gasteiger charge is -2.07. The van der Waals surface area contributed by atoms with Crippen LogP contribution in [0.15, 0.2) is 28.9 Å². The summed E-state index contributed by atoms with van der Waals surface area (Å²) in [6.07, 6.45) is 1.49. The van der Waals surface area contributed by atoms with Gasteiger partial charge in [0.1, 0.15) is 23.5 Å². The van der Waals surface area contributed by atoms with Gasteiger partial charge in [0.2, 0.25) is 0 Å². The van der Waals surface area contributed by atoms with Crippen molar-refractivity contribution in [3.8, 4) is 22.8 Å². The van der Waals surface area contributed by atoms with Crippen molar-refractivity contribution in [3.05, 3.63) is 24.5 Å². The lowest BCUT2D eigenvalue weighted by atomic mass is 10.1. The predicted octanol–water partition coefficient (Wildman–Crippen LogP) is 1.94. The van der Waals surface area contributed by atoms with E-state index in [0.29, 0.717) is 11.4 Å². The van der Waals surface area contributed by atoms with E-state index in [0.717, 1.165) is 11.3 Å². The third-order valence-electron chi connectivity index (χ3n) is 2.21. The Morgan fingerprint density at radius 3 is 2.62 bits per heavy atom. The molecule has 0 aliphatic rings. The lowest BCUT2D eigenvalue weighted by Crippen LogP contribution is -1.91. The minimum absolute atomic E-state index is 0.132. The van der Waals surface area contributed by atoms with Gasteiger partial charge in [-0.05, 0) is 12.1 Å². The molecule has 0 amide bonds. The molecular weight excluding hydrogens is 208 g/mol. The Labute approximate surface area is 92.8 Å². The van der Waals surface area contributed by atoms with Crippen molar-refractivity contribution in [2.45, 2.75) is 0 Å². The second-order valence-corrected chi connectivity index (χ2v) is 3.14. The van der Waals surface area contributed by atoms with Gasteiger partial charge in [0.15, 0.2) is 0 Å². The molecule has 84 valence electrons. The van der Waals surface area contributed by atoms with Gasteiger partial charge in [-0.2, -0.15) is 4.98 Å². The van der Waals surface area contributed by atoms with Crippen LogP contribution in [0.1, 0.15) is 0 Å². The van der Waals surface area contributed by atoms with Gasteiger partial charge in [0, 0.05) is 11.6 Å². The number of hydrogen-bond acceptors (Lipinski definition) is 5. The molecule has 1 heterocycles. The van der Waals surface area contributed by atoms with E-state index < -0.39 is 0 Å². The largest absolute Gasteiger partial charge is 0.497 e. The van der Waals surface area contributed by atoms with Gasteiger partial charge in [-0.15, -0.1) is 0 Å². The molecule has 16 heavy (non-hydrogen) atoms. The summed E-state index contributed by atoms with van der Waals surface area (Å²) in [5.74, 6) is 1.38. The van der Waals surface area contributed by atoms with Gasteiger partial charge < -0.3 is 19.6 Å². The van der Waals surface area contributed by atoms with Gasteiger partial charge in [0.05, 0.1) is 14.2 Å². The molecule has 5 nitrogen and oxygen atoms in total. The van der Waals surface area contributed by atoms with Crippen LogP contribution < -0.4 is 15.2 Å². The average molecular weight is 220 g/mol. The summed E-state index contributed by atoms with van der Waals surface area (Å²) in [5.41, 5.74) is 6.87. The highest BCUT2D eigenvalue weighted by Gasteiger charge is 2.10. The van der Waals surface area contributed by atoms with Crippen LogP contribution in [0.5, 0.6) is 11.5 Å². The summed E-state index contributed by atoms with van der Waals surface area (Å²) in [6, 6.07) is 5.57. The van der Waals surface area contributed by atoms with Crippen LogP contribution in [0.25, 0.3) is 11.3 Å². The van der Waals surface area contributed by atoms with E-state index in [1.165, 1.54) is 6.26 Å². The molecule has 0 radical (unpaired) electrons. The second kappa shape index (κ2) is 4.14. The smallest absolute Gasteiger partial charge is 0.292 e. The number of nitrogens with zero attached hydrogens (tertiary/aromatic N) is 1. The molecule has 0 aliphatic carbocycles. The van der Waals surface area contributed by atoms with Crippen LogP contribution in [0.2, 0.25) is 0 Å². The highest BCUT2D eigenvalue weighted by molar-refractivity contribution is 5.68. The van der Waals surface area contributed by atoms with Crippen molar-refractivity contribution in [2.24, 2.45) is 0 Å². The van der Waals surface area contributed by atoms with Gasteiger partial charge in [-0.3, -0.25) is 0 Å². The molecule has 0 fully saturated rings. The van der Waals surface area contributed by atoms with E-state index in [4.69, 9.17) is 19.6 Å². The average Bonchev–Trinajstić information content (AvgIpc) is 2.74. The van der Waals surface area contributed by atoms with Crippen molar-refractivity contribution in [1.82, 2.24) is 4.98 Å². The molecule has 0 bridgehead atoms. The Morgan fingerprint density at radius 1 is 1.25 bits per heavy atom. The maximum absolute atomic E-state index is 5.42. The monoisotopic (exact) mass is 220 g/mol. The fourth-order valence-electron chi connectivity index (χ4n) is 1.42. The van der Waals surface area contributed by atoms with E-state index in [1.54, 1.807) is 20.3 Å². The molecule has 0 atom stereocenters. The van der Waals surface area contributed by atoms with Crippen LogP contribution in [0, 0.1) is 0 Å². The fourth-order valence-corrected chi connectivity index (χ4v) is 1.42. The topological polar surface area (TPSA) is 70.5 Å². The van der Waals surface area contributed by atoms with Crippen LogP contribution >= 0.6 is 0 Å². The van der Waals surface area contributed by atoms with Gasteiger partial charge in [-0.1, -0.05) is 0 Å². The quantitative estimate of drug-likeness (QED) is 0.855. The SMILES string of the molecule is COc1ccc(-c2coc(N)n2)c(OC)c1. The van der Waals surface area contributed by atoms with Crippen molar-refractivity contribution in [1.29, 1.82) is 0 Å². The van der Waals surface area contributed by atoms with E-state index >= 15 is 0 Å². The number of rotatable bonds is 3. The van der Waals surface area contributed by atoms with Crippen LogP contribution in [-0.4, -0.2) is 19.2 Å². The number of ether oxygens (including phenoxy) is 2. The number of anilines is 1. The van der Waals surface area contributed by atoms with Gasteiger partial charge in [-0.25, -0.2) is 0 Å². The molecule has 5 heteroatoms. The number of oxazole rings is 1. The number of benzene rings is 1. The molecule has 0 aliphatic heterocycles. The lowest BCUT2D eigenvalue weighted by molar-refractivity contribution is 0.395. The predicted molar refractivity (Wildman–Crippen MR) is 59.5 cm³/mol. The normalized spacial score (nSPS) is 10.1. The van der Waals surface area contributed by atoms with Crippen molar-refractivity contribution in [3.63, 3.8) is 0 Å². The Bertz CT molecular complexity index is 494. The van der Waals surface area contributed by atoms with Crippen molar-refractivity contribution < 1.29 is 13.9 Å². The maximum atomic E-state index is 5.42. The number of nitrogens with two attached hydrogens (primary N) is 1. The molecule has 1 aromatic carbocycles. The first-order valence-electron chi connectivity index (χ1n) is 4.68. The first kappa shape index (κ1) is 10.4. The third kappa shape index (κ3) is 1.79. The maximum Gasteiger partial charge on any atom is 0.292 e. The molecule has 2 aromatic rings. The standard InChI is InChI=1S/C11H12N2O3/c1-14-7-3-4-8(10(5-7)15-2)9-6-16-11(12)13-9/h3-6H,1-2H3,(H2,12,13). The summed E-state index contributed by atoms with van der Waals surface area (Å²) in [7, 11) is 3.18. The first-order chi connectivity index (χ1) is 7.74. The van der Waals surface area contributed by atoms with Crippen LogP contribution in [0.3, 0.4) is 0 Å². The zero-order valence-electron chi connectivity index (χ0n) is 9.06. The summed E-state index contributed by atoms with van der Waals surface area (Å²) in [6.45, 7) is 0. The molecule has 0 unspecified atom stereocenters. The van der Waals surface area contributed by atoms with E-state index in [1.807, 2.05) is 12.1 Å². The molecule has 0 saturated heterocycles. The summed E-state index contributed by atoms with van der Waals surface area (Å²) < 4.78 is 15.3. The van der Waals surface area contributed by atoms with Gasteiger partial charge in [0.25, 0.3) is 6.01 Å². The van der Waals surface area contributed by atoms with E-state index in [2.05, 4.69) is 4.98 Å². The fraction of sp³-hybridized carbons (Fsp3) is 0.182. The summed E-state index contributed by atoms with van der Waals surface area (Å²) >= 11 is 0. The zero-order valence-corrected chi connectivity index (χ0v) is 9.06. The third-order valence-corrected chi connectivity index (χ3v) is 2.21. The number of nitrogen functional groups attached to an aromatic ring is 1. The Kier molecular flexibility index (Phi) is 2.68. The Morgan fingerprint density at radius 2 is 2.06 bits per heavy atom. The summed E-state index contributed by atoms with van der Waals surface area (Å²) in [4.78, 5) is 4.04. The Balaban J connectivity index is 2.48. The second-order valence-electron chi connectivity index (χ2n) is 3.14. The van der Waals surface area contributed by atoms with Crippen molar-refractivity contribution >= 4 is 6.01 Å². The number of aromatic nitrogens is 1. The van der Waals surface area contributed by atoms with E-state index in [9.17, 15) is 0 Å². The molecule has 1 aromatic heterocycles. The molecular formula is C11H12N2O3. The minimum Gasteiger partial charge on any atom is -0.497 e. The van der Waals surface area contributed by atoms with E-state index in [-0.39, 0.29) is 6.01 Å². The molecule has 2 rings (SSSR count).